The highest BCUT2D eigenvalue weighted by Gasteiger charge is 2.39. The molecule has 0 aliphatic rings. The molecule has 0 aliphatic heterocycles. The SMILES string of the molecule is Cc1ccc(-c2ccc3c4ccccc4n(-c4cc(-c5cc(C#N)cc(C#N)c5)cc(-n5c6ccccc6c6ccc(-c7ccc(C)cc7C)cc65)c4C(F)(F)F)c3c2)c(C)c1. The van der Waals surface area contributed by atoms with Gasteiger partial charge in [0.05, 0.1) is 56.7 Å². The van der Waals surface area contributed by atoms with Gasteiger partial charge in [0.1, 0.15) is 5.56 Å². The van der Waals surface area contributed by atoms with Crippen LogP contribution in [0.15, 0.2) is 152 Å². The molecule has 4 nitrogen and oxygen atoms in total. The van der Waals surface area contributed by atoms with Crippen molar-refractivity contribution in [1.82, 2.24) is 9.13 Å². The summed E-state index contributed by atoms with van der Waals surface area (Å²) in [6.07, 6.45) is -4.86. The van der Waals surface area contributed by atoms with Crippen molar-refractivity contribution in [2.24, 2.45) is 0 Å². The van der Waals surface area contributed by atoms with Gasteiger partial charge >= 0.3 is 6.18 Å². The van der Waals surface area contributed by atoms with Crippen LogP contribution in [0, 0.1) is 50.4 Å². The molecule has 0 bridgehead atoms. The Morgan fingerprint density at radius 1 is 0.419 bits per heavy atom. The number of nitrogens with zero attached hydrogens (tertiary/aromatic N) is 4. The number of alkyl halides is 3. The van der Waals surface area contributed by atoms with Gasteiger partial charge in [-0.25, -0.2) is 0 Å². The minimum Gasteiger partial charge on any atom is -0.309 e. The summed E-state index contributed by atoms with van der Waals surface area (Å²) in [5.74, 6) is 0. The average Bonchev–Trinajstić information content (AvgIpc) is 3.77. The highest BCUT2D eigenvalue weighted by atomic mass is 19.4. The van der Waals surface area contributed by atoms with Gasteiger partial charge in [-0.1, -0.05) is 108 Å². The minimum atomic E-state index is -4.86. The molecule has 0 saturated heterocycles. The fraction of sp³-hybridized carbons (Fsp3) is 0.0909. The molecule has 0 spiro atoms. The summed E-state index contributed by atoms with van der Waals surface area (Å²) in [5, 5.41) is 23.3. The van der Waals surface area contributed by atoms with Crippen molar-refractivity contribution in [3.63, 3.8) is 0 Å². The first-order chi connectivity index (χ1) is 29.9. The molecular weight excluding hydrogens is 774 g/mol. The van der Waals surface area contributed by atoms with E-state index < -0.39 is 11.7 Å². The molecule has 0 aliphatic carbocycles. The number of halogens is 3. The van der Waals surface area contributed by atoms with E-state index in [0.29, 0.717) is 33.2 Å². The molecule has 298 valence electrons. The van der Waals surface area contributed by atoms with Gasteiger partial charge in [0, 0.05) is 21.5 Å². The lowest BCUT2D eigenvalue weighted by atomic mass is 9.96. The summed E-state index contributed by atoms with van der Waals surface area (Å²) in [6.45, 7) is 8.16. The lowest BCUT2D eigenvalue weighted by Gasteiger charge is -2.23. The number of para-hydroxylation sites is 2. The molecule has 2 aromatic heterocycles. The summed E-state index contributed by atoms with van der Waals surface area (Å²) in [7, 11) is 0. The summed E-state index contributed by atoms with van der Waals surface area (Å²) in [4.78, 5) is 0. The van der Waals surface area contributed by atoms with Crippen LogP contribution in [-0.2, 0) is 6.18 Å². The highest BCUT2D eigenvalue weighted by Crippen LogP contribution is 2.47. The van der Waals surface area contributed by atoms with E-state index in [2.05, 4.69) is 36.4 Å². The maximum absolute atomic E-state index is 16.6. The van der Waals surface area contributed by atoms with Crippen LogP contribution in [-0.4, -0.2) is 9.13 Å². The Labute approximate surface area is 356 Å². The van der Waals surface area contributed by atoms with Crippen molar-refractivity contribution in [3.05, 3.63) is 191 Å². The molecule has 0 radical (unpaired) electrons. The zero-order valence-corrected chi connectivity index (χ0v) is 34.4. The van der Waals surface area contributed by atoms with Crippen molar-refractivity contribution in [1.29, 1.82) is 10.5 Å². The number of aryl methyl sites for hydroxylation is 4. The molecule has 0 fully saturated rings. The van der Waals surface area contributed by atoms with E-state index in [9.17, 15) is 10.5 Å². The molecule has 10 rings (SSSR count). The predicted octanol–water partition coefficient (Wildman–Crippen LogP) is 14.9. The number of aromatic nitrogens is 2. The topological polar surface area (TPSA) is 57.4 Å². The summed E-state index contributed by atoms with van der Waals surface area (Å²) < 4.78 is 53.3. The zero-order chi connectivity index (χ0) is 43.0. The van der Waals surface area contributed by atoms with Crippen LogP contribution in [0.4, 0.5) is 13.2 Å². The molecule has 10 aromatic rings. The lowest BCUT2D eigenvalue weighted by molar-refractivity contribution is -0.137. The second-order valence-corrected chi connectivity index (χ2v) is 16.2. The monoisotopic (exact) mass is 810 g/mol. The van der Waals surface area contributed by atoms with Gasteiger partial charge in [0.2, 0.25) is 0 Å². The van der Waals surface area contributed by atoms with Crippen LogP contribution in [0.25, 0.3) is 88.4 Å². The first-order valence-electron chi connectivity index (χ1n) is 20.3. The van der Waals surface area contributed by atoms with Crippen molar-refractivity contribution in [3.8, 4) is 56.9 Å². The van der Waals surface area contributed by atoms with Crippen LogP contribution < -0.4 is 0 Å². The standard InChI is InChI=1S/C55H37F3N4/c1-32-13-17-42(34(3)21-32)38-15-19-46-44-9-5-7-11-48(44)61(50(46)26-38)52-28-41(40-24-36(30-59)23-37(25-40)31-60)29-53(54(52)55(56,57)58)62-49-12-8-6-10-45(49)47-20-16-39(27-51(47)62)43-18-14-33(2)22-35(43)4/h5-29H,1-4H3. The van der Waals surface area contributed by atoms with E-state index in [1.165, 1.54) is 6.07 Å². The fourth-order valence-corrected chi connectivity index (χ4v) is 9.42. The Hall–Kier alpha value is -7.87. The Morgan fingerprint density at radius 2 is 0.839 bits per heavy atom. The second-order valence-electron chi connectivity index (χ2n) is 16.2. The number of nitriles is 2. The van der Waals surface area contributed by atoms with Gasteiger partial charge in [0.25, 0.3) is 0 Å². The Morgan fingerprint density at radius 3 is 1.26 bits per heavy atom. The minimum absolute atomic E-state index is 0.0775. The van der Waals surface area contributed by atoms with E-state index in [0.717, 1.165) is 66.1 Å². The summed E-state index contributed by atoms with van der Waals surface area (Å²) in [5.41, 5.74) is 10.9. The van der Waals surface area contributed by atoms with Gasteiger partial charge in [0.15, 0.2) is 0 Å². The van der Waals surface area contributed by atoms with Crippen LogP contribution in [0.3, 0.4) is 0 Å². The first kappa shape index (κ1) is 38.3. The van der Waals surface area contributed by atoms with Gasteiger partial charge in [-0.05, 0) is 127 Å². The molecule has 8 aromatic carbocycles. The van der Waals surface area contributed by atoms with Gasteiger partial charge < -0.3 is 9.13 Å². The first-order valence-corrected chi connectivity index (χ1v) is 20.3. The van der Waals surface area contributed by atoms with E-state index >= 15 is 13.2 Å². The molecule has 0 atom stereocenters. The Kier molecular flexibility index (Phi) is 8.91. The van der Waals surface area contributed by atoms with Crippen molar-refractivity contribution >= 4 is 43.6 Å². The van der Waals surface area contributed by atoms with Gasteiger partial charge in [-0.3, -0.25) is 0 Å². The third-order valence-corrected chi connectivity index (χ3v) is 12.1. The molecule has 0 amide bonds. The largest absolute Gasteiger partial charge is 0.420 e. The van der Waals surface area contributed by atoms with E-state index in [4.69, 9.17) is 0 Å². The Balaban J connectivity index is 1.38. The number of rotatable bonds is 5. The molecule has 0 unspecified atom stereocenters. The van der Waals surface area contributed by atoms with E-state index in [1.807, 2.05) is 125 Å². The molecule has 7 heteroatoms. The molecule has 62 heavy (non-hydrogen) atoms. The maximum atomic E-state index is 16.6. The van der Waals surface area contributed by atoms with Crippen molar-refractivity contribution < 1.29 is 13.2 Å². The van der Waals surface area contributed by atoms with Gasteiger partial charge in [-0.2, -0.15) is 23.7 Å². The van der Waals surface area contributed by atoms with Crippen LogP contribution >= 0.6 is 0 Å². The average molecular weight is 811 g/mol. The number of hydrogen-bond acceptors (Lipinski definition) is 2. The third kappa shape index (κ3) is 6.21. The number of hydrogen-bond donors (Lipinski definition) is 0. The summed E-state index contributed by atoms with van der Waals surface area (Å²) in [6, 6.07) is 51.7. The zero-order valence-electron chi connectivity index (χ0n) is 34.4. The normalized spacial score (nSPS) is 11.8. The quantitative estimate of drug-likeness (QED) is 0.174. The molecular formula is C55H37F3N4. The maximum Gasteiger partial charge on any atom is 0.420 e. The molecule has 0 N–H and O–H groups in total. The molecule has 2 heterocycles. The third-order valence-electron chi connectivity index (χ3n) is 12.1. The van der Waals surface area contributed by atoms with E-state index in [-0.39, 0.29) is 22.5 Å². The summed E-state index contributed by atoms with van der Waals surface area (Å²) >= 11 is 0. The highest BCUT2D eigenvalue weighted by molar-refractivity contribution is 6.12. The smallest absolute Gasteiger partial charge is 0.309 e. The van der Waals surface area contributed by atoms with Crippen LogP contribution in [0.2, 0.25) is 0 Å². The predicted molar refractivity (Wildman–Crippen MR) is 245 cm³/mol. The van der Waals surface area contributed by atoms with Crippen LogP contribution in [0.5, 0.6) is 0 Å². The lowest BCUT2D eigenvalue weighted by Crippen LogP contribution is -2.16. The van der Waals surface area contributed by atoms with Crippen molar-refractivity contribution in [2.75, 3.05) is 0 Å². The number of fused-ring (bicyclic) bond motifs is 6. The van der Waals surface area contributed by atoms with Crippen LogP contribution in [0.1, 0.15) is 38.9 Å². The van der Waals surface area contributed by atoms with Gasteiger partial charge in [-0.15, -0.1) is 0 Å². The molecule has 0 saturated carbocycles. The fourth-order valence-electron chi connectivity index (χ4n) is 9.42. The second kappa shape index (κ2) is 14.4. The van der Waals surface area contributed by atoms with Crippen molar-refractivity contribution in [2.45, 2.75) is 33.9 Å². The Bertz CT molecular complexity index is 3370. The number of benzene rings is 8. The van der Waals surface area contributed by atoms with E-state index in [1.54, 1.807) is 33.4 Å².